The highest BCUT2D eigenvalue weighted by atomic mass is 79.9. The number of nitrogens with two attached hydrogens (primary N) is 1. The molecule has 0 aliphatic heterocycles. The van der Waals surface area contributed by atoms with Crippen molar-refractivity contribution >= 4 is 27.3 Å². The molecule has 0 fully saturated rings. The summed E-state index contributed by atoms with van der Waals surface area (Å²) in [6, 6.07) is 5.65. The summed E-state index contributed by atoms with van der Waals surface area (Å²) in [6.07, 6.45) is 0. The molecule has 0 radical (unpaired) electrons. The lowest BCUT2D eigenvalue weighted by Gasteiger charge is -2.22. The summed E-state index contributed by atoms with van der Waals surface area (Å²) < 4.78 is 0.918. The van der Waals surface area contributed by atoms with Crippen LogP contribution in [0.2, 0.25) is 0 Å². The Morgan fingerprint density at radius 2 is 2.13 bits per heavy atom. The van der Waals surface area contributed by atoms with Gasteiger partial charge in [0.2, 0.25) is 0 Å². The summed E-state index contributed by atoms with van der Waals surface area (Å²) in [6.45, 7) is 4.26. The second kappa shape index (κ2) is 5.37. The summed E-state index contributed by atoms with van der Waals surface area (Å²) in [7, 11) is 0. The van der Waals surface area contributed by atoms with Crippen LogP contribution in [-0.4, -0.2) is 17.8 Å². The largest absolute Gasteiger partial charge is 0.399 e. The smallest absolute Gasteiger partial charge is 0.0635 e. The van der Waals surface area contributed by atoms with Crippen LogP contribution in [0.15, 0.2) is 22.7 Å². The number of rotatable bonds is 4. The number of benzene rings is 1. The van der Waals surface area contributed by atoms with E-state index < -0.39 is 0 Å². The van der Waals surface area contributed by atoms with E-state index in [2.05, 4.69) is 35.1 Å². The SMILES string of the molecule is CC(C)C(CO)Nc1ccc(N)cc1Br. The van der Waals surface area contributed by atoms with Gasteiger partial charge in [0.1, 0.15) is 0 Å². The predicted octanol–water partition coefficient (Wildman–Crippen LogP) is 2.46. The first-order valence-electron chi connectivity index (χ1n) is 4.97. The van der Waals surface area contributed by atoms with E-state index >= 15 is 0 Å². The second-order valence-electron chi connectivity index (χ2n) is 3.92. The fourth-order valence-electron chi connectivity index (χ4n) is 1.27. The van der Waals surface area contributed by atoms with Gasteiger partial charge in [-0.1, -0.05) is 13.8 Å². The number of hydrogen-bond acceptors (Lipinski definition) is 3. The van der Waals surface area contributed by atoms with E-state index in [1.165, 1.54) is 0 Å². The Bertz CT molecular complexity index is 328. The van der Waals surface area contributed by atoms with E-state index in [0.29, 0.717) is 5.92 Å². The van der Waals surface area contributed by atoms with Crippen LogP contribution in [0.3, 0.4) is 0 Å². The van der Waals surface area contributed by atoms with Crippen molar-refractivity contribution in [1.29, 1.82) is 0 Å². The van der Waals surface area contributed by atoms with E-state index in [9.17, 15) is 5.11 Å². The molecule has 0 saturated heterocycles. The van der Waals surface area contributed by atoms with Gasteiger partial charge in [-0.25, -0.2) is 0 Å². The zero-order valence-corrected chi connectivity index (χ0v) is 10.6. The number of nitrogen functional groups attached to an aromatic ring is 1. The highest BCUT2D eigenvalue weighted by Gasteiger charge is 2.12. The highest BCUT2D eigenvalue weighted by molar-refractivity contribution is 9.10. The summed E-state index contributed by atoms with van der Waals surface area (Å²) in [4.78, 5) is 0. The van der Waals surface area contributed by atoms with Gasteiger partial charge in [0.15, 0.2) is 0 Å². The van der Waals surface area contributed by atoms with Gasteiger partial charge >= 0.3 is 0 Å². The molecule has 1 unspecified atom stereocenters. The maximum atomic E-state index is 9.20. The highest BCUT2D eigenvalue weighted by Crippen LogP contribution is 2.26. The molecule has 1 aromatic rings. The first-order chi connectivity index (χ1) is 7.04. The molecule has 4 heteroatoms. The molecular formula is C11H17BrN2O. The molecule has 0 amide bonds. The fourth-order valence-corrected chi connectivity index (χ4v) is 1.78. The maximum absolute atomic E-state index is 9.20. The van der Waals surface area contributed by atoms with Crippen molar-refractivity contribution in [3.63, 3.8) is 0 Å². The predicted molar refractivity (Wildman–Crippen MR) is 67.9 cm³/mol. The Hall–Kier alpha value is -0.740. The Kier molecular flexibility index (Phi) is 4.42. The van der Waals surface area contributed by atoms with Crippen molar-refractivity contribution in [2.75, 3.05) is 17.7 Å². The fraction of sp³-hybridized carbons (Fsp3) is 0.455. The molecule has 0 spiro atoms. The van der Waals surface area contributed by atoms with Crippen LogP contribution in [0.25, 0.3) is 0 Å². The first-order valence-corrected chi connectivity index (χ1v) is 5.76. The standard InChI is InChI=1S/C11H17BrN2O/c1-7(2)11(6-15)14-10-4-3-8(13)5-9(10)12/h3-5,7,11,14-15H,6,13H2,1-2H3. The number of aliphatic hydroxyl groups excluding tert-OH is 1. The third kappa shape index (κ3) is 3.39. The van der Waals surface area contributed by atoms with Crippen molar-refractivity contribution in [2.45, 2.75) is 19.9 Å². The molecule has 0 bridgehead atoms. The maximum Gasteiger partial charge on any atom is 0.0635 e. The van der Waals surface area contributed by atoms with Gasteiger partial charge in [0.25, 0.3) is 0 Å². The molecule has 84 valence electrons. The summed E-state index contributed by atoms with van der Waals surface area (Å²) in [5.41, 5.74) is 7.32. The number of aliphatic hydroxyl groups is 1. The van der Waals surface area contributed by atoms with Crippen molar-refractivity contribution < 1.29 is 5.11 Å². The van der Waals surface area contributed by atoms with E-state index in [0.717, 1.165) is 15.8 Å². The minimum absolute atomic E-state index is 0.0601. The third-order valence-corrected chi connectivity index (χ3v) is 2.99. The Labute approximate surface area is 98.8 Å². The van der Waals surface area contributed by atoms with Gasteiger partial charge < -0.3 is 16.2 Å². The lowest BCUT2D eigenvalue weighted by atomic mass is 10.1. The van der Waals surface area contributed by atoms with E-state index in [4.69, 9.17) is 5.73 Å². The van der Waals surface area contributed by atoms with Crippen LogP contribution in [0.1, 0.15) is 13.8 Å². The number of halogens is 1. The Morgan fingerprint density at radius 3 is 2.60 bits per heavy atom. The van der Waals surface area contributed by atoms with Crippen LogP contribution >= 0.6 is 15.9 Å². The molecule has 0 aliphatic carbocycles. The van der Waals surface area contributed by atoms with Crippen LogP contribution in [-0.2, 0) is 0 Å². The zero-order valence-electron chi connectivity index (χ0n) is 9.00. The Morgan fingerprint density at radius 1 is 1.47 bits per heavy atom. The van der Waals surface area contributed by atoms with Gasteiger partial charge in [0.05, 0.1) is 12.6 Å². The molecule has 0 aromatic heterocycles. The summed E-state index contributed by atoms with van der Waals surface area (Å²) >= 11 is 3.43. The number of anilines is 2. The number of nitrogens with one attached hydrogen (secondary N) is 1. The molecule has 1 atom stereocenters. The molecular weight excluding hydrogens is 256 g/mol. The quantitative estimate of drug-likeness (QED) is 0.738. The monoisotopic (exact) mass is 272 g/mol. The first kappa shape index (κ1) is 12.3. The molecule has 0 aliphatic rings. The van der Waals surface area contributed by atoms with Crippen LogP contribution in [0.4, 0.5) is 11.4 Å². The zero-order chi connectivity index (χ0) is 11.4. The third-order valence-electron chi connectivity index (χ3n) is 2.34. The van der Waals surface area contributed by atoms with Gasteiger partial charge in [-0.15, -0.1) is 0 Å². The van der Waals surface area contributed by atoms with Crippen LogP contribution in [0, 0.1) is 5.92 Å². The molecule has 4 N–H and O–H groups in total. The lowest BCUT2D eigenvalue weighted by molar-refractivity contribution is 0.249. The van der Waals surface area contributed by atoms with Gasteiger partial charge in [-0.05, 0) is 40.0 Å². The normalized spacial score (nSPS) is 12.9. The van der Waals surface area contributed by atoms with Crippen molar-refractivity contribution in [3.05, 3.63) is 22.7 Å². The lowest BCUT2D eigenvalue weighted by Crippen LogP contribution is -2.29. The van der Waals surface area contributed by atoms with Gasteiger partial charge in [-0.2, -0.15) is 0 Å². The topological polar surface area (TPSA) is 58.3 Å². The molecule has 1 aromatic carbocycles. The number of hydrogen-bond donors (Lipinski definition) is 3. The minimum Gasteiger partial charge on any atom is -0.399 e. The average molecular weight is 273 g/mol. The average Bonchev–Trinajstić information content (AvgIpc) is 2.16. The molecule has 15 heavy (non-hydrogen) atoms. The minimum atomic E-state index is 0.0601. The van der Waals surface area contributed by atoms with Crippen molar-refractivity contribution in [2.24, 2.45) is 5.92 Å². The molecule has 1 rings (SSSR count). The summed E-state index contributed by atoms with van der Waals surface area (Å²) in [5, 5.41) is 12.5. The van der Waals surface area contributed by atoms with E-state index in [-0.39, 0.29) is 12.6 Å². The van der Waals surface area contributed by atoms with Gasteiger partial charge in [-0.3, -0.25) is 0 Å². The Balaban J connectivity index is 2.79. The molecule has 0 saturated carbocycles. The second-order valence-corrected chi connectivity index (χ2v) is 4.77. The van der Waals surface area contributed by atoms with Crippen molar-refractivity contribution in [3.8, 4) is 0 Å². The van der Waals surface area contributed by atoms with Crippen LogP contribution < -0.4 is 11.1 Å². The van der Waals surface area contributed by atoms with Gasteiger partial charge in [0, 0.05) is 15.8 Å². The van der Waals surface area contributed by atoms with E-state index in [1.807, 2.05) is 18.2 Å². The van der Waals surface area contributed by atoms with Crippen molar-refractivity contribution in [1.82, 2.24) is 0 Å². The van der Waals surface area contributed by atoms with E-state index in [1.54, 1.807) is 0 Å². The van der Waals surface area contributed by atoms with Crippen LogP contribution in [0.5, 0.6) is 0 Å². The molecule has 3 nitrogen and oxygen atoms in total. The summed E-state index contributed by atoms with van der Waals surface area (Å²) in [5.74, 6) is 0.374. The molecule has 0 heterocycles.